The van der Waals surface area contributed by atoms with Crippen molar-refractivity contribution < 1.29 is 14.0 Å². The maximum Gasteiger partial charge on any atom is 0.255 e. The number of ketones is 1. The Hall–Kier alpha value is -4.24. The van der Waals surface area contributed by atoms with Crippen LogP contribution in [0.3, 0.4) is 0 Å². The number of carbonyl (C=O) groups excluding carboxylic acids is 2. The Balaban J connectivity index is 1.46. The zero-order chi connectivity index (χ0) is 27.7. The number of rotatable bonds is 7. The average Bonchev–Trinajstić information content (AvgIpc) is 3.31. The van der Waals surface area contributed by atoms with Gasteiger partial charge in [0, 0.05) is 22.5 Å². The van der Waals surface area contributed by atoms with Gasteiger partial charge >= 0.3 is 0 Å². The van der Waals surface area contributed by atoms with Crippen LogP contribution in [0.4, 0.5) is 16.0 Å². The summed E-state index contributed by atoms with van der Waals surface area (Å²) in [6, 6.07) is 18.6. The lowest BCUT2D eigenvalue weighted by Crippen LogP contribution is -2.32. The summed E-state index contributed by atoms with van der Waals surface area (Å²) >= 11 is 1.19. The second-order valence-electron chi connectivity index (χ2n) is 9.60. The second-order valence-corrected chi connectivity index (χ2v) is 10.5. The molecule has 39 heavy (non-hydrogen) atoms. The second kappa shape index (κ2) is 10.9. The van der Waals surface area contributed by atoms with Gasteiger partial charge in [0.1, 0.15) is 11.9 Å². The molecule has 1 unspecified atom stereocenters. The number of hydrogen-bond acceptors (Lipinski definition) is 6. The summed E-state index contributed by atoms with van der Waals surface area (Å²) in [7, 11) is 0. The van der Waals surface area contributed by atoms with E-state index < -0.39 is 11.9 Å². The number of thioether (sulfide) groups is 1. The molecule has 1 amide bonds. The van der Waals surface area contributed by atoms with Gasteiger partial charge in [0.2, 0.25) is 11.1 Å². The highest BCUT2D eigenvalue weighted by molar-refractivity contribution is 7.99. The normalized spacial score (nSPS) is 14.5. The molecule has 0 bridgehead atoms. The first-order valence-corrected chi connectivity index (χ1v) is 13.5. The van der Waals surface area contributed by atoms with Gasteiger partial charge in [-0.2, -0.15) is 4.98 Å². The summed E-state index contributed by atoms with van der Waals surface area (Å²) < 4.78 is 16.7. The fourth-order valence-electron chi connectivity index (χ4n) is 4.57. The molecule has 2 N–H and O–H groups in total. The van der Waals surface area contributed by atoms with E-state index in [1.54, 1.807) is 37.3 Å². The molecule has 0 aliphatic carbocycles. The summed E-state index contributed by atoms with van der Waals surface area (Å²) in [6.07, 6.45) is 0. The number of fused-ring (bicyclic) bond motifs is 1. The van der Waals surface area contributed by atoms with Crippen molar-refractivity contribution in [1.82, 2.24) is 14.8 Å². The van der Waals surface area contributed by atoms with Crippen molar-refractivity contribution in [3.8, 4) is 0 Å². The Morgan fingerprint density at radius 1 is 1.00 bits per heavy atom. The van der Waals surface area contributed by atoms with Gasteiger partial charge in [0.05, 0.1) is 11.3 Å². The van der Waals surface area contributed by atoms with Crippen LogP contribution in [0.15, 0.2) is 83.2 Å². The third-order valence-corrected chi connectivity index (χ3v) is 7.45. The van der Waals surface area contributed by atoms with Crippen LogP contribution in [-0.4, -0.2) is 32.2 Å². The van der Waals surface area contributed by atoms with Gasteiger partial charge in [-0.25, -0.2) is 9.07 Å². The number of Topliss-reactive ketones (excluding diaryl/α,β-unsaturated/α-hetero) is 1. The number of anilines is 2. The van der Waals surface area contributed by atoms with E-state index in [-0.39, 0.29) is 17.4 Å². The lowest BCUT2D eigenvalue weighted by Gasteiger charge is -2.29. The summed E-state index contributed by atoms with van der Waals surface area (Å²) in [5.74, 6) is -0.365. The van der Waals surface area contributed by atoms with Gasteiger partial charge in [-0.3, -0.25) is 9.59 Å². The Morgan fingerprint density at radius 3 is 2.44 bits per heavy atom. The SMILES string of the molecule is CC1=C(C(=O)Nc2ccc(C)cc2C)C(c2ccccc2F)n2nc(SCC(=O)c3ccc(C)cc3)nc2N1. The van der Waals surface area contributed by atoms with Crippen LogP contribution in [0.25, 0.3) is 0 Å². The van der Waals surface area contributed by atoms with Gasteiger partial charge in [0.25, 0.3) is 5.91 Å². The number of allylic oxidation sites excluding steroid dienone is 1. The largest absolute Gasteiger partial charge is 0.328 e. The van der Waals surface area contributed by atoms with Crippen molar-refractivity contribution in [3.63, 3.8) is 0 Å². The van der Waals surface area contributed by atoms with Gasteiger partial charge in [-0.1, -0.05) is 77.5 Å². The van der Waals surface area contributed by atoms with E-state index in [4.69, 9.17) is 0 Å². The molecule has 0 spiro atoms. The van der Waals surface area contributed by atoms with Crippen LogP contribution >= 0.6 is 11.8 Å². The van der Waals surface area contributed by atoms with E-state index in [9.17, 15) is 9.59 Å². The predicted molar refractivity (Wildman–Crippen MR) is 152 cm³/mol. The van der Waals surface area contributed by atoms with Crippen LogP contribution in [0.5, 0.6) is 0 Å². The molecule has 5 rings (SSSR count). The van der Waals surface area contributed by atoms with Crippen LogP contribution in [0.1, 0.15) is 45.6 Å². The zero-order valence-electron chi connectivity index (χ0n) is 22.1. The van der Waals surface area contributed by atoms with Gasteiger partial charge < -0.3 is 10.6 Å². The fraction of sp³-hybridized carbons (Fsp3) is 0.200. The highest BCUT2D eigenvalue weighted by Crippen LogP contribution is 2.38. The molecule has 1 aliphatic rings. The number of halogens is 1. The molecule has 198 valence electrons. The molecular weight excluding hydrogens is 513 g/mol. The minimum atomic E-state index is -0.858. The Morgan fingerprint density at radius 2 is 1.72 bits per heavy atom. The molecule has 3 aromatic carbocycles. The first-order chi connectivity index (χ1) is 18.7. The minimum Gasteiger partial charge on any atom is -0.328 e. The molecule has 0 saturated heterocycles. The number of aromatic nitrogens is 3. The maximum atomic E-state index is 15.2. The Kier molecular flexibility index (Phi) is 7.34. The molecule has 1 atom stereocenters. The topological polar surface area (TPSA) is 88.9 Å². The monoisotopic (exact) mass is 541 g/mol. The number of nitrogens with zero attached hydrogens (tertiary/aromatic N) is 3. The molecule has 1 aromatic heterocycles. The molecule has 4 aromatic rings. The minimum absolute atomic E-state index is 0.0470. The molecule has 2 heterocycles. The number of benzene rings is 3. The van der Waals surface area contributed by atoms with E-state index >= 15 is 4.39 Å². The van der Waals surface area contributed by atoms with Crippen molar-refractivity contribution >= 4 is 35.1 Å². The lowest BCUT2D eigenvalue weighted by molar-refractivity contribution is -0.113. The molecule has 1 aliphatic heterocycles. The summed E-state index contributed by atoms with van der Waals surface area (Å²) in [5, 5.41) is 11.1. The molecule has 0 fully saturated rings. The van der Waals surface area contributed by atoms with Crippen LogP contribution < -0.4 is 10.6 Å². The van der Waals surface area contributed by atoms with Crippen LogP contribution in [0.2, 0.25) is 0 Å². The number of carbonyl (C=O) groups is 2. The summed E-state index contributed by atoms with van der Waals surface area (Å²) in [6.45, 7) is 7.64. The van der Waals surface area contributed by atoms with E-state index in [1.807, 2.05) is 51.1 Å². The van der Waals surface area contributed by atoms with Crippen molar-refractivity contribution in [2.75, 3.05) is 16.4 Å². The van der Waals surface area contributed by atoms with Crippen molar-refractivity contribution in [2.24, 2.45) is 0 Å². The van der Waals surface area contributed by atoms with Crippen molar-refractivity contribution in [2.45, 2.75) is 38.9 Å². The third-order valence-electron chi connectivity index (χ3n) is 6.61. The molecule has 0 radical (unpaired) electrons. The van der Waals surface area contributed by atoms with Crippen molar-refractivity contribution in [3.05, 3.63) is 112 Å². The molecule has 9 heteroatoms. The van der Waals surface area contributed by atoms with E-state index in [1.165, 1.54) is 22.5 Å². The Bertz CT molecular complexity index is 1610. The van der Waals surface area contributed by atoms with E-state index in [0.29, 0.717) is 39.2 Å². The highest BCUT2D eigenvalue weighted by atomic mass is 32.2. The van der Waals surface area contributed by atoms with E-state index in [2.05, 4.69) is 20.7 Å². The maximum absolute atomic E-state index is 15.2. The zero-order valence-corrected chi connectivity index (χ0v) is 22.9. The standard InChI is InChI=1S/C30H28FN5O2S/c1-17-9-12-21(13-10-17)25(37)16-39-30-34-29-32-20(4)26(28(38)33-24-14-11-18(2)15-19(24)3)27(36(29)35-30)22-7-5-6-8-23(22)31/h5-15,27H,16H2,1-4H3,(H,33,38)(H,32,34,35). The van der Waals surface area contributed by atoms with E-state index in [0.717, 1.165) is 16.7 Å². The van der Waals surface area contributed by atoms with Gasteiger partial charge in [-0.15, -0.1) is 5.10 Å². The first kappa shape index (κ1) is 26.4. The Labute approximate surface area is 230 Å². The predicted octanol–water partition coefficient (Wildman–Crippen LogP) is 6.25. The molecular formula is C30H28FN5O2S. The highest BCUT2D eigenvalue weighted by Gasteiger charge is 2.36. The third kappa shape index (κ3) is 5.49. The van der Waals surface area contributed by atoms with Crippen molar-refractivity contribution in [1.29, 1.82) is 0 Å². The summed E-state index contributed by atoms with van der Waals surface area (Å²) in [5.41, 5.74) is 5.53. The lowest BCUT2D eigenvalue weighted by atomic mass is 9.94. The number of nitrogens with one attached hydrogen (secondary N) is 2. The molecule has 0 saturated carbocycles. The number of aryl methyl sites for hydroxylation is 3. The average molecular weight is 542 g/mol. The number of hydrogen-bond donors (Lipinski definition) is 2. The summed E-state index contributed by atoms with van der Waals surface area (Å²) in [4.78, 5) is 30.9. The van der Waals surface area contributed by atoms with Crippen LogP contribution in [-0.2, 0) is 4.79 Å². The first-order valence-electron chi connectivity index (χ1n) is 12.5. The van der Waals surface area contributed by atoms with Crippen LogP contribution in [0, 0.1) is 26.6 Å². The quantitative estimate of drug-likeness (QED) is 0.213. The van der Waals surface area contributed by atoms with Gasteiger partial charge in [-0.05, 0) is 45.4 Å². The molecule has 7 nitrogen and oxygen atoms in total. The smallest absolute Gasteiger partial charge is 0.255 e. The number of amides is 1. The van der Waals surface area contributed by atoms with Gasteiger partial charge in [0.15, 0.2) is 5.78 Å². The fourth-order valence-corrected chi connectivity index (χ4v) is 5.29.